The minimum Gasteiger partial charge on any atom is -0.338 e. The van der Waals surface area contributed by atoms with Crippen LogP contribution in [0.2, 0.25) is 0 Å². The molecule has 0 radical (unpaired) electrons. The van der Waals surface area contributed by atoms with Crippen LogP contribution >= 0.6 is 0 Å². The molecule has 0 unspecified atom stereocenters. The normalized spacial score (nSPS) is 15.1. The Labute approximate surface area is 206 Å². The third-order valence-corrected chi connectivity index (χ3v) is 6.62. The molecule has 1 N–H and O–H groups in total. The summed E-state index contributed by atoms with van der Waals surface area (Å²) >= 11 is 0. The molecule has 1 aliphatic rings. The predicted molar refractivity (Wildman–Crippen MR) is 139 cm³/mol. The van der Waals surface area contributed by atoms with Gasteiger partial charge in [-0.05, 0) is 41.2 Å². The van der Waals surface area contributed by atoms with Crippen molar-refractivity contribution in [1.82, 2.24) is 34.6 Å². The summed E-state index contributed by atoms with van der Waals surface area (Å²) in [4.78, 5) is 19.0. The number of hydrogen-bond donors (Lipinski definition) is 1. The first-order valence-corrected chi connectivity index (χ1v) is 12.1. The average Bonchev–Trinajstić information content (AvgIpc) is 3.22. The molecule has 5 rings (SSSR count). The number of hydrogen-bond acceptors (Lipinski definition) is 8. The molecule has 9 heteroatoms. The molecule has 0 aliphatic carbocycles. The number of benzene rings is 1. The lowest BCUT2D eigenvalue weighted by Crippen LogP contribution is -2.46. The number of aryl methyl sites for hydroxylation is 2. The Hall–Kier alpha value is -3.59. The van der Waals surface area contributed by atoms with Gasteiger partial charge in [-0.15, -0.1) is 0 Å². The van der Waals surface area contributed by atoms with Gasteiger partial charge in [-0.1, -0.05) is 32.9 Å². The van der Waals surface area contributed by atoms with Gasteiger partial charge < -0.3 is 14.8 Å². The molecule has 3 aromatic heterocycles. The fourth-order valence-electron chi connectivity index (χ4n) is 4.40. The van der Waals surface area contributed by atoms with E-state index >= 15 is 0 Å². The van der Waals surface area contributed by atoms with Crippen molar-refractivity contribution in [2.24, 2.45) is 7.05 Å². The van der Waals surface area contributed by atoms with Crippen molar-refractivity contribution in [2.45, 2.75) is 39.7 Å². The molecule has 0 spiro atoms. The number of nitrogens with zero attached hydrogens (tertiary/aromatic N) is 8. The standard InChI is InChI=1S/C26H33N9/c1-18-6-7-20(26(2,3)4)14-21(18)30-24-22-23(27-17-33(22)5)31-25(32-24)35-12-10-34(11-13-35)16-19-8-9-28-29-15-19/h6-9,14-15,17H,10-13,16H2,1-5H3,(H,30,31,32). The number of nitrogens with one attached hydrogen (secondary N) is 1. The van der Waals surface area contributed by atoms with Gasteiger partial charge in [0.15, 0.2) is 11.5 Å². The van der Waals surface area contributed by atoms with E-state index in [2.05, 4.69) is 76.2 Å². The molecule has 4 aromatic rings. The maximum absolute atomic E-state index is 5.00. The Balaban J connectivity index is 1.40. The molecule has 0 saturated carbocycles. The zero-order valence-corrected chi connectivity index (χ0v) is 21.2. The number of imidazole rings is 1. The van der Waals surface area contributed by atoms with Gasteiger partial charge >= 0.3 is 0 Å². The van der Waals surface area contributed by atoms with Gasteiger partial charge in [-0.3, -0.25) is 4.90 Å². The highest BCUT2D eigenvalue weighted by atomic mass is 15.3. The Morgan fingerprint density at radius 1 is 1.00 bits per heavy atom. The third-order valence-electron chi connectivity index (χ3n) is 6.62. The fourth-order valence-corrected chi connectivity index (χ4v) is 4.40. The lowest BCUT2D eigenvalue weighted by Gasteiger charge is -2.34. The average molecular weight is 472 g/mol. The van der Waals surface area contributed by atoms with Crippen molar-refractivity contribution >= 4 is 28.6 Å². The molecular weight excluding hydrogens is 438 g/mol. The lowest BCUT2D eigenvalue weighted by molar-refractivity contribution is 0.248. The van der Waals surface area contributed by atoms with E-state index in [1.54, 1.807) is 12.5 Å². The molecular formula is C26H33N9. The number of anilines is 3. The second-order valence-electron chi connectivity index (χ2n) is 10.3. The Morgan fingerprint density at radius 2 is 1.80 bits per heavy atom. The highest BCUT2D eigenvalue weighted by molar-refractivity contribution is 5.87. The topological polar surface area (TPSA) is 87.9 Å². The van der Waals surface area contributed by atoms with E-state index in [1.807, 2.05) is 23.9 Å². The largest absolute Gasteiger partial charge is 0.338 e. The molecule has 0 bridgehead atoms. The second kappa shape index (κ2) is 9.22. The fraction of sp³-hybridized carbons (Fsp3) is 0.423. The Morgan fingerprint density at radius 3 is 2.51 bits per heavy atom. The molecule has 1 aliphatic heterocycles. The predicted octanol–water partition coefficient (Wildman–Crippen LogP) is 3.83. The number of piperazine rings is 1. The van der Waals surface area contributed by atoms with Crippen molar-refractivity contribution in [3.8, 4) is 0 Å². The summed E-state index contributed by atoms with van der Waals surface area (Å²) in [5.41, 5.74) is 6.36. The van der Waals surface area contributed by atoms with Gasteiger partial charge in [-0.2, -0.15) is 20.2 Å². The third kappa shape index (κ3) is 4.95. The summed E-state index contributed by atoms with van der Waals surface area (Å²) in [5.74, 6) is 1.50. The monoisotopic (exact) mass is 471 g/mol. The first-order valence-electron chi connectivity index (χ1n) is 12.1. The van der Waals surface area contributed by atoms with Gasteiger partial charge in [-0.25, -0.2) is 4.98 Å². The Bertz CT molecular complexity index is 1320. The van der Waals surface area contributed by atoms with E-state index in [9.17, 15) is 0 Å². The van der Waals surface area contributed by atoms with Crippen LogP contribution < -0.4 is 10.2 Å². The molecule has 0 amide bonds. The summed E-state index contributed by atoms with van der Waals surface area (Å²) in [6.45, 7) is 13.3. The number of aromatic nitrogens is 6. The van der Waals surface area contributed by atoms with E-state index in [-0.39, 0.29) is 5.41 Å². The maximum Gasteiger partial charge on any atom is 0.229 e. The molecule has 1 fully saturated rings. The highest BCUT2D eigenvalue weighted by Crippen LogP contribution is 2.31. The molecule has 35 heavy (non-hydrogen) atoms. The van der Waals surface area contributed by atoms with Crippen LogP contribution in [0.4, 0.5) is 17.5 Å². The quantitative estimate of drug-likeness (QED) is 0.470. The summed E-state index contributed by atoms with van der Waals surface area (Å²) < 4.78 is 1.98. The van der Waals surface area contributed by atoms with E-state index in [0.29, 0.717) is 11.6 Å². The number of fused-ring (bicyclic) bond motifs is 1. The van der Waals surface area contributed by atoms with E-state index < -0.39 is 0 Å². The van der Waals surface area contributed by atoms with Crippen LogP contribution in [0.5, 0.6) is 0 Å². The van der Waals surface area contributed by atoms with Crippen LogP contribution in [-0.4, -0.2) is 60.8 Å². The van der Waals surface area contributed by atoms with E-state index in [4.69, 9.17) is 9.97 Å². The maximum atomic E-state index is 5.00. The first-order chi connectivity index (χ1) is 16.8. The van der Waals surface area contributed by atoms with Crippen LogP contribution in [0, 0.1) is 6.92 Å². The molecule has 182 valence electrons. The summed E-state index contributed by atoms with van der Waals surface area (Å²) in [6, 6.07) is 8.62. The summed E-state index contributed by atoms with van der Waals surface area (Å²) in [5, 5.41) is 11.5. The second-order valence-corrected chi connectivity index (χ2v) is 10.3. The summed E-state index contributed by atoms with van der Waals surface area (Å²) in [7, 11) is 1.98. The highest BCUT2D eigenvalue weighted by Gasteiger charge is 2.22. The van der Waals surface area contributed by atoms with Gasteiger partial charge in [0.05, 0.1) is 12.5 Å². The molecule has 1 aromatic carbocycles. The van der Waals surface area contributed by atoms with Crippen molar-refractivity contribution in [1.29, 1.82) is 0 Å². The molecule has 9 nitrogen and oxygen atoms in total. The van der Waals surface area contributed by atoms with Crippen molar-refractivity contribution in [3.05, 3.63) is 59.7 Å². The van der Waals surface area contributed by atoms with Crippen molar-refractivity contribution in [2.75, 3.05) is 36.4 Å². The van der Waals surface area contributed by atoms with Crippen LogP contribution in [-0.2, 0) is 19.0 Å². The molecule has 1 saturated heterocycles. The lowest BCUT2D eigenvalue weighted by atomic mass is 9.86. The summed E-state index contributed by atoms with van der Waals surface area (Å²) in [6.07, 6.45) is 5.38. The first kappa shape index (κ1) is 23.2. The van der Waals surface area contributed by atoms with Crippen molar-refractivity contribution < 1.29 is 0 Å². The minimum absolute atomic E-state index is 0.0643. The van der Waals surface area contributed by atoms with Crippen molar-refractivity contribution in [3.63, 3.8) is 0 Å². The van der Waals surface area contributed by atoms with Gasteiger partial charge in [0.25, 0.3) is 0 Å². The number of rotatable bonds is 5. The van der Waals surface area contributed by atoms with Crippen LogP contribution in [0.3, 0.4) is 0 Å². The zero-order valence-electron chi connectivity index (χ0n) is 21.2. The van der Waals surface area contributed by atoms with E-state index in [0.717, 1.165) is 49.7 Å². The smallest absolute Gasteiger partial charge is 0.229 e. The van der Waals surface area contributed by atoms with E-state index in [1.165, 1.54) is 16.7 Å². The Kier molecular flexibility index (Phi) is 6.10. The van der Waals surface area contributed by atoms with Gasteiger partial charge in [0, 0.05) is 51.7 Å². The zero-order chi connectivity index (χ0) is 24.6. The molecule has 0 atom stereocenters. The van der Waals surface area contributed by atoms with Crippen LogP contribution in [0.25, 0.3) is 11.2 Å². The van der Waals surface area contributed by atoms with Crippen LogP contribution in [0.15, 0.2) is 43.0 Å². The SMILES string of the molecule is Cc1ccc(C(C)(C)C)cc1Nc1nc(N2CCN(Cc3ccnnc3)CC2)nc2ncn(C)c12. The van der Waals surface area contributed by atoms with Crippen LogP contribution in [0.1, 0.15) is 37.5 Å². The minimum atomic E-state index is 0.0643. The van der Waals surface area contributed by atoms with Gasteiger partial charge in [0.2, 0.25) is 5.95 Å². The molecule has 4 heterocycles. The van der Waals surface area contributed by atoms with Gasteiger partial charge in [0.1, 0.15) is 5.52 Å².